The fourth-order valence-electron chi connectivity index (χ4n) is 3.90. The van der Waals surface area contributed by atoms with Crippen LogP contribution in [0.5, 0.6) is 11.6 Å². The van der Waals surface area contributed by atoms with E-state index in [1.165, 1.54) is 43.5 Å². The Labute approximate surface area is 235 Å². The molecule has 1 amide bonds. The molecule has 12 heteroatoms. The monoisotopic (exact) mass is 588 g/mol. The lowest BCUT2D eigenvalue weighted by Crippen LogP contribution is -2.43. The van der Waals surface area contributed by atoms with Gasteiger partial charge in [0.15, 0.2) is 0 Å². The molecule has 6 nitrogen and oxygen atoms in total. The van der Waals surface area contributed by atoms with E-state index in [2.05, 4.69) is 10.3 Å². The predicted octanol–water partition coefficient (Wildman–Crippen LogP) is 7.09. The van der Waals surface area contributed by atoms with Gasteiger partial charge in [-0.25, -0.2) is 9.78 Å². The first-order valence-corrected chi connectivity index (χ1v) is 12.3. The van der Waals surface area contributed by atoms with Gasteiger partial charge in [0.25, 0.3) is 5.91 Å². The Balaban J connectivity index is 1.39. The second-order valence-electron chi connectivity index (χ2n) is 9.03. The van der Waals surface area contributed by atoms with E-state index in [-0.39, 0.29) is 23.6 Å². The van der Waals surface area contributed by atoms with Gasteiger partial charge in [-0.3, -0.25) is 4.79 Å². The van der Waals surface area contributed by atoms with Crippen LogP contribution in [0.15, 0.2) is 91.1 Å². The number of alkyl halides is 6. The number of benzene rings is 3. The fraction of sp³-hybridized carbons (Fsp3) is 0.167. The Morgan fingerprint density at radius 1 is 0.762 bits per heavy atom. The van der Waals surface area contributed by atoms with Crippen LogP contribution in [-0.4, -0.2) is 30.0 Å². The quantitative estimate of drug-likeness (QED) is 0.176. The lowest BCUT2D eigenvalue weighted by atomic mass is 9.99. The molecule has 1 N–H and O–H groups in total. The molecule has 0 aliphatic carbocycles. The van der Waals surface area contributed by atoms with E-state index in [4.69, 9.17) is 9.47 Å². The van der Waals surface area contributed by atoms with Crippen LogP contribution in [-0.2, 0) is 28.3 Å². The fourth-order valence-corrected chi connectivity index (χ4v) is 3.90. The summed E-state index contributed by atoms with van der Waals surface area (Å²) in [6.45, 7) is 0. The molecule has 0 bridgehead atoms. The number of nitrogens with zero attached hydrogens (tertiary/aromatic N) is 1. The summed E-state index contributed by atoms with van der Waals surface area (Å²) in [6.07, 6.45) is -8.24. The van der Waals surface area contributed by atoms with Gasteiger partial charge in [-0.2, -0.15) is 26.3 Å². The van der Waals surface area contributed by atoms with Gasteiger partial charge in [-0.15, -0.1) is 0 Å². The maximum absolute atomic E-state index is 12.8. The summed E-state index contributed by atoms with van der Waals surface area (Å²) >= 11 is 0. The minimum Gasteiger partial charge on any atom is -0.467 e. The van der Waals surface area contributed by atoms with Crippen LogP contribution in [0.2, 0.25) is 0 Å². The van der Waals surface area contributed by atoms with Crippen molar-refractivity contribution in [2.45, 2.75) is 24.8 Å². The van der Waals surface area contributed by atoms with Gasteiger partial charge in [0, 0.05) is 24.2 Å². The number of amides is 1. The van der Waals surface area contributed by atoms with E-state index < -0.39 is 41.4 Å². The third-order valence-electron chi connectivity index (χ3n) is 6.13. The van der Waals surface area contributed by atoms with Crippen molar-refractivity contribution in [3.05, 3.63) is 113 Å². The van der Waals surface area contributed by atoms with Crippen molar-refractivity contribution in [3.8, 4) is 22.8 Å². The summed E-state index contributed by atoms with van der Waals surface area (Å²) in [7, 11) is 1.18. The molecule has 0 spiro atoms. The number of aromatic nitrogens is 1. The maximum atomic E-state index is 12.8. The van der Waals surface area contributed by atoms with E-state index in [9.17, 15) is 35.9 Å². The highest BCUT2D eigenvalue weighted by molar-refractivity contribution is 5.97. The predicted molar refractivity (Wildman–Crippen MR) is 140 cm³/mol. The molecule has 42 heavy (non-hydrogen) atoms. The minimum absolute atomic E-state index is 0.0738. The number of ether oxygens (including phenoxy) is 2. The zero-order valence-corrected chi connectivity index (χ0v) is 21.8. The van der Waals surface area contributed by atoms with Crippen molar-refractivity contribution in [2.75, 3.05) is 7.11 Å². The van der Waals surface area contributed by atoms with Gasteiger partial charge in [-0.05, 0) is 59.2 Å². The second kappa shape index (κ2) is 12.3. The summed E-state index contributed by atoms with van der Waals surface area (Å²) in [5.74, 6) is -1.14. The lowest BCUT2D eigenvalue weighted by Gasteiger charge is -2.17. The number of hydrogen-bond acceptors (Lipinski definition) is 5. The smallest absolute Gasteiger partial charge is 0.417 e. The Bertz CT molecular complexity index is 1520. The standard InChI is InChI=1S/C30H22F6N2O4/c1-41-28(40)25(16-18-2-4-19(5-3-18)20-6-10-22(11-7-20)29(31,32)33)38-27(39)21-8-13-24(14-9-21)42-26-15-12-23(17-37-26)30(34,35)36/h2-15,17,25H,16H2,1H3,(H,38,39)/t25-/m0/s1. The van der Waals surface area contributed by atoms with E-state index in [1.807, 2.05) is 0 Å². The van der Waals surface area contributed by atoms with Crippen LogP contribution in [0, 0.1) is 0 Å². The number of rotatable bonds is 8. The molecule has 0 aliphatic rings. The number of esters is 1. The molecule has 218 valence electrons. The summed E-state index contributed by atoms with van der Waals surface area (Å²) < 4.78 is 86.8. The molecular formula is C30H22F6N2O4. The van der Waals surface area contributed by atoms with Crippen LogP contribution in [0.4, 0.5) is 26.3 Å². The summed E-state index contributed by atoms with van der Waals surface area (Å²) in [6, 6.07) is 18.0. The number of methoxy groups -OCH3 is 1. The van der Waals surface area contributed by atoms with Crippen LogP contribution >= 0.6 is 0 Å². The first-order chi connectivity index (χ1) is 19.8. The van der Waals surface area contributed by atoms with Gasteiger partial charge in [0.05, 0.1) is 18.2 Å². The number of carbonyl (C=O) groups is 2. The second-order valence-corrected chi connectivity index (χ2v) is 9.03. The van der Waals surface area contributed by atoms with Gasteiger partial charge >= 0.3 is 18.3 Å². The molecule has 1 heterocycles. The molecule has 1 atom stereocenters. The van der Waals surface area contributed by atoms with Gasteiger partial charge < -0.3 is 14.8 Å². The molecule has 0 saturated carbocycles. The van der Waals surface area contributed by atoms with E-state index >= 15 is 0 Å². The minimum atomic E-state index is -4.53. The summed E-state index contributed by atoms with van der Waals surface area (Å²) in [5, 5.41) is 2.61. The molecule has 0 fully saturated rings. The highest BCUT2D eigenvalue weighted by Crippen LogP contribution is 2.32. The average Bonchev–Trinajstić information content (AvgIpc) is 2.96. The molecule has 0 radical (unpaired) electrons. The number of carbonyl (C=O) groups excluding carboxylic acids is 2. The molecule has 3 aromatic carbocycles. The van der Waals surface area contributed by atoms with Gasteiger partial charge in [0.2, 0.25) is 5.88 Å². The van der Waals surface area contributed by atoms with E-state index in [1.54, 1.807) is 24.3 Å². The summed E-state index contributed by atoms with van der Waals surface area (Å²) in [5.41, 5.74) is 0.409. The molecular weight excluding hydrogens is 566 g/mol. The molecule has 4 aromatic rings. The SMILES string of the molecule is COC(=O)[C@H](Cc1ccc(-c2ccc(C(F)(F)F)cc2)cc1)NC(=O)c1ccc(Oc2ccc(C(F)(F)F)cn2)cc1. The number of halogens is 6. The number of hydrogen-bond donors (Lipinski definition) is 1. The Morgan fingerprint density at radius 3 is 1.81 bits per heavy atom. The number of nitrogens with one attached hydrogen (secondary N) is 1. The van der Waals surface area contributed by atoms with Crippen LogP contribution < -0.4 is 10.1 Å². The van der Waals surface area contributed by atoms with E-state index in [0.29, 0.717) is 22.9 Å². The third kappa shape index (κ3) is 7.65. The first kappa shape index (κ1) is 30.1. The van der Waals surface area contributed by atoms with Crippen molar-refractivity contribution >= 4 is 11.9 Å². The first-order valence-electron chi connectivity index (χ1n) is 12.3. The zero-order chi connectivity index (χ0) is 30.5. The van der Waals surface area contributed by atoms with E-state index in [0.717, 1.165) is 24.3 Å². The highest BCUT2D eigenvalue weighted by Gasteiger charge is 2.31. The highest BCUT2D eigenvalue weighted by atomic mass is 19.4. The van der Waals surface area contributed by atoms with Crippen molar-refractivity contribution in [1.29, 1.82) is 0 Å². The van der Waals surface area contributed by atoms with Crippen molar-refractivity contribution in [1.82, 2.24) is 10.3 Å². The maximum Gasteiger partial charge on any atom is 0.417 e. The largest absolute Gasteiger partial charge is 0.467 e. The Morgan fingerprint density at radius 2 is 1.31 bits per heavy atom. The normalized spacial score (nSPS) is 12.4. The van der Waals surface area contributed by atoms with Crippen LogP contribution in [0.1, 0.15) is 27.0 Å². The third-order valence-corrected chi connectivity index (χ3v) is 6.13. The van der Waals surface area contributed by atoms with Crippen molar-refractivity contribution in [2.24, 2.45) is 0 Å². The molecule has 1 aromatic heterocycles. The number of pyridine rings is 1. The Hall–Kier alpha value is -4.87. The molecule has 0 saturated heterocycles. The van der Waals surface area contributed by atoms with Gasteiger partial charge in [-0.1, -0.05) is 36.4 Å². The molecule has 0 unspecified atom stereocenters. The summed E-state index contributed by atoms with van der Waals surface area (Å²) in [4.78, 5) is 28.9. The van der Waals surface area contributed by atoms with Crippen molar-refractivity contribution in [3.63, 3.8) is 0 Å². The lowest BCUT2D eigenvalue weighted by molar-refractivity contribution is -0.143. The Kier molecular flexibility index (Phi) is 8.84. The van der Waals surface area contributed by atoms with Crippen LogP contribution in [0.25, 0.3) is 11.1 Å². The van der Waals surface area contributed by atoms with Gasteiger partial charge in [0.1, 0.15) is 11.8 Å². The van der Waals surface area contributed by atoms with Crippen LogP contribution in [0.3, 0.4) is 0 Å². The molecule has 0 aliphatic heterocycles. The average molecular weight is 589 g/mol. The topological polar surface area (TPSA) is 77.5 Å². The zero-order valence-electron chi connectivity index (χ0n) is 21.8. The molecule has 4 rings (SSSR count). The van der Waals surface area contributed by atoms with Crippen molar-refractivity contribution < 1.29 is 45.4 Å².